The average molecular weight is 267 g/mol. The Bertz CT molecular complexity index is 558. The predicted octanol–water partition coefficient (Wildman–Crippen LogP) is 1.28. The second-order valence-electron chi connectivity index (χ2n) is 5.02. The molecule has 98 valence electrons. The first-order chi connectivity index (χ1) is 8.63. The molecule has 0 aromatic carbocycles. The summed E-state index contributed by atoms with van der Waals surface area (Å²) in [5.41, 5.74) is 2.03. The molecule has 1 saturated heterocycles. The van der Waals surface area contributed by atoms with E-state index in [1.54, 1.807) is 16.8 Å². The summed E-state index contributed by atoms with van der Waals surface area (Å²) in [7, 11) is -3.13. The van der Waals surface area contributed by atoms with Gasteiger partial charge in [-0.3, -0.25) is 0 Å². The highest BCUT2D eigenvalue weighted by molar-refractivity contribution is 7.89. The zero-order valence-corrected chi connectivity index (χ0v) is 11.2. The Kier molecular flexibility index (Phi) is 2.86. The maximum absolute atomic E-state index is 12.3. The number of sulfonamides is 1. The second kappa shape index (κ2) is 4.28. The number of hydrogen-bond donors (Lipinski definition) is 0. The third-order valence-electron chi connectivity index (χ3n) is 3.84. The van der Waals surface area contributed by atoms with Crippen LogP contribution in [0.4, 0.5) is 0 Å². The van der Waals surface area contributed by atoms with Crippen molar-refractivity contribution in [3.8, 4) is 0 Å². The molecular formula is C12H17N3O2S. The number of nitrogens with zero attached hydrogens (tertiary/aromatic N) is 3. The smallest absolute Gasteiger partial charge is 0.214 e. The van der Waals surface area contributed by atoms with Crippen LogP contribution in [0.25, 0.3) is 0 Å². The Morgan fingerprint density at radius 3 is 3.06 bits per heavy atom. The van der Waals surface area contributed by atoms with Crippen molar-refractivity contribution in [2.75, 3.05) is 5.75 Å². The molecule has 2 aliphatic rings. The summed E-state index contributed by atoms with van der Waals surface area (Å²) in [6.45, 7) is 1.90. The molecule has 2 unspecified atom stereocenters. The van der Waals surface area contributed by atoms with Crippen LogP contribution < -0.4 is 0 Å². The van der Waals surface area contributed by atoms with Crippen molar-refractivity contribution in [2.45, 2.75) is 44.7 Å². The van der Waals surface area contributed by atoms with Crippen LogP contribution in [0.5, 0.6) is 0 Å². The van der Waals surface area contributed by atoms with Gasteiger partial charge in [-0.2, -0.15) is 4.31 Å². The van der Waals surface area contributed by atoms with E-state index in [-0.39, 0.29) is 17.8 Å². The zero-order valence-electron chi connectivity index (χ0n) is 10.4. The molecule has 0 spiro atoms. The van der Waals surface area contributed by atoms with Crippen molar-refractivity contribution < 1.29 is 8.42 Å². The molecule has 2 atom stereocenters. The molecule has 3 heterocycles. The molecule has 3 rings (SSSR count). The molecule has 1 aromatic rings. The molecule has 5 nitrogen and oxygen atoms in total. The van der Waals surface area contributed by atoms with Gasteiger partial charge in [0.15, 0.2) is 0 Å². The number of rotatable bonds is 3. The highest BCUT2D eigenvalue weighted by Gasteiger charge is 2.46. The Morgan fingerprint density at radius 2 is 2.28 bits per heavy atom. The number of fused-ring (bicyclic) bond motifs is 4. The summed E-state index contributed by atoms with van der Waals surface area (Å²) < 4.78 is 26.4. The molecule has 0 N–H and O–H groups in total. The van der Waals surface area contributed by atoms with Crippen LogP contribution in [0.2, 0.25) is 0 Å². The van der Waals surface area contributed by atoms with Crippen molar-refractivity contribution in [3.63, 3.8) is 0 Å². The summed E-state index contributed by atoms with van der Waals surface area (Å²) in [4.78, 5) is 8.33. The molecule has 6 heteroatoms. The van der Waals surface area contributed by atoms with Gasteiger partial charge in [-0.15, -0.1) is 0 Å². The van der Waals surface area contributed by atoms with Crippen LogP contribution in [0.1, 0.15) is 43.5 Å². The zero-order chi connectivity index (χ0) is 12.8. The van der Waals surface area contributed by atoms with E-state index in [4.69, 9.17) is 0 Å². The Morgan fingerprint density at radius 1 is 1.44 bits per heavy atom. The van der Waals surface area contributed by atoms with E-state index in [2.05, 4.69) is 9.97 Å². The SMILES string of the molecule is CCCS(=O)(=O)N1C2CCC1c1cncnc1C2. The maximum Gasteiger partial charge on any atom is 0.214 e. The first-order valence-electron chi connectivity index (χ1n) is 6.43. The van der Waals surface area contributed by atoms with Crippen molar-refractivity contribution in [2.24, 2.45) is 0 Å². The lowest BCUT2D eigenvalue weighted by Crippen LogP contribution is -2.43. The van der Waals surface area contributed by atoms with Crippen molar-refractivity contribution >= 4 is 10.0 Å². The summed E-state index contributed by atoms with van der Waals surface area (Å²) in [6, 6.07) is 0.0745. The first-order valence-corrected chi connectivity index (χ1v) is 8.04. The molecule has 0 radical (unpaired) electrons. The molecular weight excluding hydrogens is 250 g/mol. The highest BCUT2D eigenvalue weighted by atomic mass is 32.2. The summed E-state index contributed by atoms with van der Waals surface area (Å²) in [6.07, 6.45) is 6.56. The molecule has 18 heavy (non-hydrogen) atoms. The van der Waals surface area contributed by atoms with Gasteiger partial charge < -0.3 is 0 Å². The van der Waals surface area contributed by atoms with Gasteiger partial charge in [-0.05, 0) is 19.3 Å². The van der Waals surface area contributed by atoms with Crippen LogP contribution >= 0.6 is 0 Å². The lowest BCUT2D eigenvalue weighted by atomic mass is 10.0. The number of hydrogen-bond acceptors (Lipinski definition) is 4. The molecule has 0 saturated carbocycles. The first kappa shape index (κ1) is 12.0. The van der Waals surface area contributed by atoms with E-state index < -0.39 is 10.0 Å². The van der Waals surface area contributed by atoms with Crippen LogP contribution in [-0.2, 0) is 16.4 Å². The summed E-state index contributed by atoms with van der Waals surface area (Å²) in [5, 5.41) is 0. The van der Waals surface area contributed by atoms with Crippen LogP contribution in [-0.4, -0.2) is 34.5 Å². The van der Waals surface area contributed by atoms with Crippen LogP contribution in [0.3, 0.4) is 0 Å². The fourth-order valence-corrected chi connectivity index (χ4v) is 5.13. The third-order valence-corrected chi connectivity index (χ3v) is 5.96. The lowest BCUT2D eigenvalue weighted by Gasteiger charge is -2.34. The molecule has 2 aliphatic heterocycles. The summed E-state index contributed by atoms with van der Waals surface area (Å²) in [5.74, 6) is 0.239. The van der Waals surface area contributed by atoms with Gasteiger partial charge in [0.2, 0.25) is 10.0 Å². The van der Waals surface area contributed by atoms with E-state index in [0.717, 1.165) is 30.5 Å². The largest absolute Gasteiger partial charge is 0.244 e. The maximum atomic E-state index is 12.3. The van der Waals surface area contributed by atoms with E-state index >= 15 is 0 Å². The van der Waals surface area contributed by atoms with Gasteiger partial charge in [0.05, 0.1) is 17.5 Å². The Hall–Kier alpha value is -1.01. The summed E-state index contributed by atoms with van der Waals surface area (Å²) >= 11 is 0. The van der Waals surface area contributed by atoms with Crippen molar-refractivity contribution in [3.05, 3.63) is 23.8 Å². The standard InChI is InChI=1S/C12H17N3O2S/c1-2-5-18(16,17)15-9-3-4-12(15)10-7-13-8-14-11(10)6-9/h7-9,12H,2-6H2,1H3. The molecule has 2 bridgehead atoms. The number of aromatic nitrogens is 2. The predicted molar refractivity (Wildman–Crippen MR) is 67.4 cm³/mol. The minimum absolute atomic E-state index is 0.0310. The monoisotopic (exact) mass is 267 g/mol. The van der Waals surface area contributed by atoms with Gasteiger partial charge in [-0.1, -0.05) is 6.92 Å². The fraction of sp³-hybridized carbons (Fsp3) is 0.667. The van der Waals surface area contributed by atoms with Gasteiger partial charge in [0, 0.05) is 24.2 Å². The molecule has 0 aliphatic carbocycles. The minimum Gasteiger partial charge on any atom is -0.244 e. The Balaban J connectivity index is 2.02. The fourth-order valence-electron chi connectivity index (χ4n) is 3.17. The van der Waals surface area contributed by atoms with Gasteiger partial charge >= 0.3 is 0 Å². The van der Waals surface area contributed by atoms with E-state index in [1.807, 2.05) is 6.92 Å². The molecule has 1 aromatic heterocycles. The van der Waals surface area contributed by atoms with Gasteiger partial charge in [0.25, 0.3) is 0 Å². The van der Waals surface area contributed by atoms with E-state index in [9.17, 15) is 8.42 Å². The van der Waals surface area contributed by atoms with Crippen LogP contribution in [0, 0.1) is 0 Å². The third kappa shape index (κ3) is 1.75. The molecule has 1 fully saturated rings. The van der Waals surface area contributed by atoms with Crippen molar-refractivity contribution in [1.82, 2.24) is 14.3 Å². The average Bonchev–Trinajstić information content (AvgIpc) is 2.67. The quantitative estimate of drug-likeness (QED) is 0.827. The second-order valence-corrected chi connectivity index (χ2v) is 7.02. The minimum atomic E-state index is -3.13. The normalized spacial score (nSPS) is 27.2. The van der Waals surface area contributed by atoms with E-state index in [0.29, 0.717) is 6.42 Å². The van der Waals surface area contributed by atoms with E-state index in [1.165, 1.54) is 0 Å². The molecule has 0 amide bonds. The topological polar surface area (TPSA) is 63.2 Å². The van der Waals surface area contributed by atoms with Gasteiger partial charge in [0.1, 0.15) is 6.33 Å². The Labute approximate surface area is 107 Å². The lowest BCUT2D eigenvalue weighted by molar-refractivity contribution is 0.300. The van der Waals surface area contributed by atoms with Crippen molar-refractivity contribution in [1.29, 1.82) is 0 Å². The van der Waals surface area contributed by atoms with Gasteiger partial charge in [-0.25, -0.2) is 18.4 Å². The van der Waals surface area contributed by atoms with Crippen LogP contribution in [0.15, 0.2) is 12.5 Å². The highest BCUT2D eigenvalue weighted by Crippen LogP contribution is 2.44.